The zero-order valence-electron chi connectivity index (χ0n) is 43.4. The molecule has 0 unspecified atom stereocenters. The molecule has 2 saturated heterocycles. The van der Waals surface area contributed by atoms with Crippen LogP contribution in [-0.4, -0.2) is 104 Å². The number of aliphatic hydroxyl groups excluding tert-OH is 1. The maximum absolute atomic E-state index is 13.8. The molecule has 15 atom stereocenters. The van der Waals surface area contributed by atoms with Gasteiger partial charge in [0.1, 0.15) is 30.5 Å². The lowest BCUT2D eigenvalue weighted by Crippen LogP contribution is -2.57. The van der Waals surface area contributed by atoms with Gasteiger partial charge in [0.05, 0.1) is 38.3 Å². The van der Waals surface area contributed by atoms with E-state index in [1.807, 2.05) is 40.7 Å². The maximum atomic E-state index is 13.8. The number of carbonyl (C=O) groups is 6. The van der Waals surface area contributed by atoms with Crippen LogP contribution in [0.15, 0.2) is 23.3 Å². The molecule has 2 heterocycles. The highest BCUT2D eigenvalue weighted by molar-refractivity contribution is 5.87. The fraction of sp³-hybridized carbons (Fsp3) is 0.808. The van der Waals surface area contributed by atoms with E-state index in [1.54, 1.807) is 40.7 Å². The van der Waals surface area contributed by atoms with Crippen LogP contribution in [0.1, 0.15) is 167 Å². The summed E-state index contributed by atoms with van der Waals surface area (Å²) in [5.74, 6) is -5.99. The summed E-state index contributed by atoms with van der Waals surface area (Å²) in [5, 5.41) is 11.7. The van der Waals surface area contributed by atoms with Gasteiger partial charge in [-0.2, -0.15) is 0 Å². The molecule has 2 fully saturated rings. The number of aliphatic hydroxyl groups is 1. The minimum Gasteiger partial charge on any atom is -0.469 e. The average molecular weight is 951 g/mol. The lowest BCUT2D eigenvalue weighted by Gasteiger charge is -2.52. The molecule has 15 heteroatoms. The third kappa shape index (κ3) is 18.9. The first-order valence-corrected chi connectivity index (χ1v) is 24.7. The van der Waals surface area contributed by atoms with Crippen molar-refractivity contribution < 1.29 is 71.8 Å². The number of rotatable bonds is 26. The summed E-state index contributed by atoms with van der Waals surface area (Å²) in [6, 6.07) is 0. The van der Waals surface area contributed by atoms with Crippen LogP contribution >= 0.6 is 0 Å². The summed E-state index contributed by atoms with van der Waals surface area (Å²) in [7, 11) is 2.65. The highest BCUT2D eigenvalue weighted by atomic mass is 16.7. The normalized spacial score (nSPS) is 25.7. The molecule has 2 rings (SSSR count). The molecular weight excluding hydrogens is 865 g/mol. The van der Waals surface area contributed by atoms with E-state index >= 15 is 0 Å². The van der Waals surface area contributed by atoms with Gasteiger partial charge in [0.15, 0.2) is 5.79 Å². The van der Waals surface area contributed by atoms with Crippen LogP contribution in [-0.2, 0) is 66.7 Å². The number of hydrogen-bond acceptors (Lipinski definition) is 15. The van der Waals surface area contributed by atoms with Crippen LogP contribution in [0, 0.1) is 41.4 Å². The SMILES string of the molecule is CCC(=O)O[C@@H](C/C=C(\C)C(=O)OC)[C@H](C)[C@@H](OC(C)=O)[C@@H](C[C@H](C)[C@H](OC(=O)[C@@H](C)CC)[C@@H]1C[C@H](C)C[C@]2(C[C@H](C)C[C@@H]([C@@H](O)/C(C)=C/CC[C@H](C)CC(=O)OC)O2)O1)OC(=O)[C@@H](C)CC. The lowest BCUT2D eigenvalue weighted by atomic mass is 9.78. The average Bonchev–Trinajstić information content (AvgIpc) is 3.28. The quantitative estimate of drug-likeness (QED) is 0.0373. The zero-order chi connectivity index (χ0) is 50.8. The first kappa shape index (κ1) is 59.3. The van der Waals surface area contributed by atoms with Gasteiger partial charge in [-0.3, -0.25) is 24.0 Å². The summed E-state index contributed by atoms with van der Waals surface area (Å²) in [6.45, 7) is 23.5. The van der Waals surface area contributed by atoms with Gasteiger partial charge in [-0.1, -0.05) is 81.4 Å². The second-order valence-corrected chi connectivity index (χ2v) is 19.8. The highest BCUT2D eigenvalue weighted by Crippen LogP contribution is 2.46. The standard InChI is InChI=1S/C52H86O15/c1-16-33(7)50(58)64-42(48(62-39(13)53)38(12)40(63-44(54)18-3)23-22-36(10)49(57)61-15)27-37(11)47(65-51(59)34(8)17-2)43-25-32(6)29-52(67-43)28-31(5)24-41(66-52)46(56)35(9)21-19-20-30(4)26-45(55)60-14/h21-22,30-34,37-38,40-43,46-48,56H,16-20,23-29H2,1-15H3/b35-21+,36-22+/t30-,31+,32-,33-,34-,37-,38-,40-,41-,42+,43-,46-,47-,48+,52-/m0/s1. The molecule has 0 bridgehead atoms. The van der Waals surface area contributed by atoms with Crippen molar-refractivity contribution in [2.75, 3.05) is 14.2 Å². The minimum atomic E-state index is -1.14. The Morgan fingerprint density at radius 1 is 0.731 bits per heavy atom. The van der Waals surface area contributed by atoms with E-state index in [9.17, 15) is 33.9 Å². The van der Waals surface area contributed by atoms with E-state index < -0.39 is 102 Å². The monoisotopic (exact) mass is 951 g/mol. The molecule has 1 N–H and O–H groups in total. The predicted octanol–water partition coefficient (Wildman–Crippen LogP) is 8.94. The number of ether oxygens (including phenoxy) is 8. The number of allylic oxidation sites excluding steroid dienone is 1. The van der Waals surface area contributed by atoms with E-state index in [4.69, 9.17) is 37.9 Å². The molecule has 0 aromatic rings. The fourth-order valence-electron chi connectivity index (χ4n) is 9.09. The minimum absolute atomic E-state index is 0.0511. The second-order valence-electron chi connectivity index (χ2n) is 19.8. The molecule has 2 aliphatic rings. The van der Waals surface area contributed by atoms with Gasteiger partial charge in [0.2, 0.25) is 0 Å². The number of esters is 6. The molecule has 0 aromatic carbocycles. The van der Waals surface area contributed by atoms with Crippen molar-refractivity contribution in [2.24, 2.45) is 41.4 Å². The van der Waals surface area contributed by atoms with E-state index in [-0.39, 0.29) is 48.6 Å². The first-order valence-electron chi connectivity index (χ1n) is 24.7. The van der Waals surface area contributed by atoms with Crippen LogP contribution < -0.4 is 0 Å². The second kappa shape index (κ2) is 28.6. The molecule has 0 aromatic heterocycles. The smallest absolute Gasteiger partial charge is 0.333 e. The molecule has 67 heavy (non-hydrogen) atoms. The van der Waals surface area contributed by atoms with E-state index in [2.05, 4.69) is 13.8 Å². The maximum Gasteiger partial charge on any atom is 0.333 e. The van der Waals surface area contributed by atoms with E-state index in [0.717, 1.165) is 12.0 Å². The fourth-order valence-corrected chi connectivity index (χ4v) is 9.09. The van der Waals surface area contributed by atoms with Crippen LogP contribution in [0.4, 0.5) is 0 Å². The topological polar surface area (TPSA) is 196 Å². The molecular formula is C52H86O15. The van der Waals surface area contributed by atoms with Gasteiger partial charge in [-0.15, -0.1) is 0 Å². The van der Waals surface area contributed by atoms with Gasteiger partial charge >= 0.3 is 35.8 Å². The van der Waals surface area contributed by atoms with Gasteiger partial charge < -0.3 is 43.0 Å². The van der Waals surface area contributed by atoms with Crippen molar-refractivity contribution in [3.05, 3.63) is 23.3 Å². The molecule has 0 aliphatic carbocycles. The summed E-state index contributed by atoms with van der Waals surface area (Å²) >= 11 is 0. The third-order valence-corrected chi connectivity index (χ3v) is 13.6. The van der Waals surface area contributed by atoms with Crippen LogP contribution in [0.5, 0.6) is 0 Å². The van der Waals surface area contributed by atoms with Crippen molar-refractivity contribution in [3.63, 3.8) is 0 Å². The Morgan fingerprint density at radius 2 is 1.30 bits per heavy atom. The molecule has 384 valence electrons. The van der Waals surface area contributed by atoms with E-state index in [1.165, 1.54) is 21.1 Å². The van der Waals surface area contributed by atoms with Gasteiger partial charge in [-0.05, 0) is 88.0 Å². The van der Waals surface area contributed by atoms with Gasteiger partial charge in [0, 0.05) is 50.5 Å². The Hall–Kier alpha value is -3.82. The third-order valence-electron chi connectivity index (χ3n) is 13.6. The van der Waals surface area contributed by atoms with Crippen molar-refractivity contribution >= 4 is 35.8 Å². The summed E-state index contributed by atoms with van der Waals surface area (Å²) in [5.41, 5.74) is 1.06. The molecule has 0 radical (unpaired) electrons. The number of carbonyl (C=O) groups excluding carboxylic acids is 6. The molecule has 1 spiro atoms. The van der Waals surface area contributed by atoms with Crippen molar-refractivity contribution in [2.45, 2.75) is 216 Å². The molecule has 0 amide bonds. The van der Waals surface area contributed by atoms with Gasteiger partial charge in [0.25, 0.3) is 0 Å². The number of methoxy groups -OCH3 is 2. The highest BCUT2D eigenvalue weighted by Gasteiger charge is 2.52. The Bertz CT molecular complexity index is 1670. The lowest BCUT2D eigenvalue weighted by molar-refractivity contribution is -0.347. The summed E-state index contributed by atoms with van der Waals surface area (Å²) < 4.78 is 48.3. The van der Waals surface area contributed by atoms with Gasteiger partial charge in [-0.25, -0.2) is 4.79 Å². The van der Waals surface area contributed by atoms with Crippen molar-refractivity contribution in [1.82, 2.24) is 0 Å². The summed E-state index contributed by atoms with van der Waals surface area (Å²) in [6.07, 6.45) is 2.55. The van der Waals surface area contributed by atoms with Crippen molar-refractivity contribution in [3.8, 4) is 0 Å². The Morgan fingerprint density at radius 3 is 1.84 bits per heavy atom. The number of hydrogen-bond donors (Lipinski definition) is 1. The first-order chi connectivity index (χ1) is 31.4. The largest absolute Gasteiger partial charge is 0.469 e. The predicted molar refractivity (Wildman–Crippen MR) is 252 cm³/mol. The zero-order valence-corrected chi connectivity index (χ0v) is 43.4. The van der Waals surface area contributed by atoms with E-state index in [0.29, 0.717) is 51.4 Å². The molecule has 0 saturated carbocycles. The molecule has 15 nitrogen and oxygen atoms in total. The Labute approximate surface area is 401 Å². The Kier molecular flexibility index (Phi) is 25.3. The van der Waals surface area contributed by atoms with Crippen LogP contribution in [0.3, 0.4) is 0 Å². The molecule has 2 aliphatic heterocycles. The Balaban J connectivity index is 2.64. The van der Waals surface area contributed by atoms with Crippen LogP contribution in [0.25, 0.3) is 0 Å². The van der Waals surface area contributed by atoms with Crippen LogP contribution in [0.2, 0.25) is 0 Å². The van der Waals surface area contributed by atoms with Crippen molar-refractivity contribution in [1.29, 1.82) is 0 Å². The summed E-state index contributed by atoms with van der Waals surface area (Å²) in [4.78, 5) is 77.4.